The highest BCUT2D eigenvalue weighted by Gasteiger charge is 2.12. The van der Waals surface area contributed by atoms with Crippen molar-refractivity contribution in [3.05, 3.63) is 64.3 Å². The molecule has 3 rings (SSSR count). The maximum absolute atomic E-state index is 11.7. The summed E-state index contributed by atoms with van der Waals surface area (Å²) in [5, 5.41) is 2.86. The largest absolute Gasteiger partial charge is 0.465 e. The number of benzene rings is 2. The van der Waals surface area contributed by atoms with Gasteiger partial charge >= 0.3 is 5.97 Å². The molecule has 110 valence electrons. The van der Waals surface area contributed by atoms with Crippen LogP contribution in [0, 0.1) is 0 Å². The van der Waals surface area contributed by atoms with Crippen molar-refractivity contribution in [2.24, 2.45) is 0 Å². The second kappa shape index (κ2) is 5.95. The molecular weight excluding hydrogens is 321 g/mol. The lowest BCUT2D eigenvalue weighted by molar-refractivity contribution is 0.0601. The quantitative estimate of drug-likeness (QED) is 0.620. The molecule has 1 aromatic heterocycles. The highest BCUT2D eigenvalue weighted by molar-refractivity contribution is 6.36. The SMILES string of the molecule is COC(=O)c1ccc2ccnc(-c3ccc(Cl)cc3Cl)c2c1. The number of hydrogen-bond donors (Lipinski definition) is 0. The van der Waals surface area contributed by atoms with E-state index >= 15 is 0 Å². The molecule has 22 heavy (non-hydrogen) atoms. The van der Waals surface area contributed by atoms with Crippen molar-refractivity contribution < 1.29 is 9.53 Å². The lowest BCUT2D eigenvalue weighted by atomic mass is 10.0. The fourth-order valence-electron chi connectivity index (χ4n) is 2.31. The first-order valence-corrected chi connectivity index (χ1v) is 7.28. The molecule has 0 aliphatic heterocycles. The van der Waals surface area contributed by atoms with Crippen molar-refractivity contribution in [3.8, 4) is 11.3 Å². The molecule has 3 nitrogen and oxygen atoms in total. The number of hydrogen-bond acceptors (Lipinski definition) is 3. The Labute approximate surface area is 137 Å². The van der Waals surface area contributed by atoms with E-state index in [2.05, 4.69) is 4.98 Å². The molecular formula is C17H11Cl2NO2. The molecule has 0 fully saturated rings. The summed E-state index contributed by atoms with van der Waals surface area (Å²) in [4.78, 5) is 16.1. The predicted molar refractivity (Wildman–Crippen MR) is 88.5 cm³/mol. The van der Waals surface area contributed by atoms with Gasteiger partial charge in [-0.25, -0.2) is 4.79 Å². The first-order valence-electron chi connectivity index (χ1n) is 6.52. The normalized spacial score (nSPS) is 10.7. The smallest absolute Gasteiger partial charge is 0.337 e. The van der Waals surface area contributed by atoms with Crippen LogP contribution in [0.4, 0.5) is 0 Å². The molecule has 0 saturated heterocycles. The Kier molecular flexibility index (Phi) is 4.01. The van der Waals surface area contributed by atoms with Crippen molar-refractivity contribution in [1.82, 2.24) is 4.98 Å². The number of ether oxygens (including phenoxy) is 1. The molecule has 0 spiro atoms. The number of pyridine rings is 1. The molecule has 0 radical (unpaired) electrons. The molecule has 0 bridgehead atoms. The zero-order chi connectivity index (χ0) is 15.7. The summed E-state index contributed by atoms with van der Waals surface area (Å²) in [6.45, 7) is 0. The topological polar surface area (TPSA) is 39.2 Å². The van der Waals surface area contributed by atoms with E-state index < -0.39 is 0 Å². The van der Waals surface area contributed by atoms with Crippen LogP contribution in [0.5, 0.6) is 0 Å². The third-order valence-electron chi connectivity index (χ3n) is 3.37. The van der Waals surface area contributed by atoms with Crippen LogP contribution in [-0.4, -0.2) is 18.1 Å². The van der Waals surface area contributed by atoms with Crippen LogP contribution in [0.15, 0.2) is 48.7 Å². The van der Waals surface area contributed by atoms with Crippen molar-refractivity contribution in [3.63, 3.8) is 0 Å². The summed E-state index contributed by atoms with van der Waals surface area (Å²) in [6, 6.07) is 12.5. The maximum atomic E-state index is 11.7. The number of fused-ring (bicyclic) bond motifs is 1. The van der Waals surface area contributed by atoms with Gasteiger partial charge in [0.1, 0.15) is 0 Å². The van der Waals surface area contributed by atoms with E-state index in [0.717, 1.165) is 16.3 Å². The van der Waals surface area contributed by atoms with Crippen molar-refractivity contribution >= 4 is 39.9 Å². The number of nitrogens with zero attached hydrogens (tertiary/aromatic N) is 1. The zero-order valence-corrected chi connectivity index (χ0v) is 13.2. The number of rotatable bonds is 2. The minimum absolute atomic E-state index is 0.390. The standard InChI is InChI=1S/C17H11Cl2NO2/c1-22-17(21)11-3-2-10-6-7-20-16(14(10)8-11)13-5-4-12(18)9-15(13)19/h2-9H,1H3. The van der Waals surface area contributed by atoms with Crippen molar-refractivity contribution in [2.45, 2.75) is 0 Å². The summed E-state index contributed by atoms with van der Waals surface area (Å²) in [7, 11) is 1.35. The Hall–Kier alpha value is -2.10. The van der Waals surface area contributed by atoms with Crippen molar-refractivity contribution in [2.75, 3.05) is 7.11 Å². The number of halogens is 2. The van der Waals surface area contributed by atoms with E-state index in [1.54, 1.807) is 30.5 Å². The zero-order valence-electron chi connectivity index (χ0n) is 11.6. The van der Waals surface area contributed by atoms with Gasteiger partial charge in [0.15, 0.2) is 0 Å². The Morgan fingerprint density at radius 1 is 1.09 bits per heavy atom. The van der Waals surface area contributed by atoms with E-state index in [1.807, 2.05) is 18.2 Å². The summed E-state index contributed by atoms with van der Waals surface area (Å²) in [5.74, 6) is -0.390. The number of carbonyl (C=O) groups excluding carboxylic acids is 1. The summed E-state index contributed by atoms with van der Waals surface area (Å²) >= 11 is 12.2. The van der Waals surface area contributed by atoms with Crippen LogP contribution in [0.25, 0.3) is 22.0 Å². The summed E-state index contributed by atoms with van der Waals surface area (Å²) in [6.07, 6.45) is 1.71. The van der Waals surface area contributed by atoms with Gasteiger partial charge in [-0.3, -0.25) is 4.98 Å². The fourth-order valence-corrected chi connectivity index (χ4v) is 2.81. The van der Waals surface area contributed by atoms with E-state index in [4.69, 9.17) is 27.9 Å². The number of aromatic nitrogens is 1. The first kappa shape index (κ1) is 14.8. The molecule has 0 atom stereocenters. The van der Waals surface area contributed by atoms with Gasteiger partial charge in [0.05, 0.1) is 23.4 Å². The lowest BCUT2D eigenvalue weighted by Gasteiger charge is -2.09. The number of esters is 1. The monoisotopic (exact) mass is 331 g/mol. The van der Waals surface area contributed by atoms with Gasteiger partial charge in [-0.05, 0) is 41.8 Å². The van der Waals surface area contributed by atoms with Gasteiger partial charge in [0.25, 0.3) is 0 Å². The molecule has 0 saturated carbocycles. The molecule has 1 heterocycles. The summed E-state index contributed by atoms with van der Waals surface area (Å²) < 4.78 is 4.77. The van der Waals surface area contributed by atoms with Crippen LogP contribution >= 0.6 is 23.2 Å². The van der Waals surface area contributed by atoms with Gasteiger partial charge in [-0.1, -0.05) is 29.3 Å². The van der Waals surface area contributed by atoms with Gasteiger partial charge in [-0.15, -0.1) is 0 Å². The van der Waals surface area contributed by atoms with E-state index in [-0.39, 0.29) is 5.97 Å². The van der Waals surface area contributed by atoms with E-state index in [1.165, 1.54) is 7.11 Å². The maximum Gasteiger partial charge on any atom is 0.337 e. The Morgan fingerprint density at radius 3 is 2.64 bits per heavy atom. The molecule has 0 aliphatic rings. The highest BCUT2D eigenvalue weighted by atomic mass is 35.5. The average Bonchev–Trinajstić information content (AvgIpc) is 2.53. The minimum Gasteiger partial charge on any atom is -0.465 e. The molecule has 0 unspecified atom stereocenters. The van der Waals surface area contributed by atoms with Gasteiger partial charge in [-0.2, -0.15) is 0 Å². The minimum atomic E-state index is -0.390. The molecule has 2 aromatic carbocycles. The van der Waals surface area contributed by atoms with Crippen LogP contribution in [0.1, 0.15) is 10.4 Å². The number of methoxy groups -OCH3 is 1. The van der Waals surface area contributed by atoms with Crippen LogP contribution in [-0.2, 0) is 4.74 Å². The van der Waals surface area contributed by atoms with Gasteiger partial charge in [0.2, 0.25) is 0 Å². The average molecular weight is 332 g/mol. The molecule has 0 N–H and O–H groups in total. The second-order valence-corrected chi connectivity index (χ2v) is 5.55. The fraction of sp³-hybridized carbons (Fsp3) is 0.0588. The Morgan fingerprint density at radius 2 is 1.91 bits per heavy atom. The Bertz CT molecular complexity index is 878. The highest BCUT2D eigenvalue weighted by Crippen LogP contribution is 2.33. The summed E-state index contributed by atoms with van der Waals surface area (Å²) in [5.41, 5.74) is 1.93. The lowest BCUT2D eigenvalue weighted by Crippen LogP contribution is -2.01. The molecule has 0 aliphatic carbocycles. The van der Waals surface area contributed by atoms with Crippen molar-refractivity contribution in [1.29, 1.82) is 0 Å². The van der Waals surface area contributed by atoms with E-state index in [0.29, 0.717) is 21.3 Å². The first-order chi connectivity index (χ1) is 10.6. The van der Waals surface area contributed by atoms with Crippen LogP contribution in [0.2, 0.25) is 10.0 Å². The predicted octanol–water partition coefficient (Wildman–Crippen LogP) is 5.00. The Balaban J connectivity index is 2.26. The third kappa shape index (κ3) is 2.65. The second-order valence-electron chi connectivity index (χ2n) is 4.71. The molecule has 3 aromatic rings. The van der Waals surface area contributed by atoms with Gasteiger partial charge in [0, 0.05) is 22.2 Å². The molecule has 5 heteroatoms. The van der Waals surface area contributed by atoms with Crippen LogP contribution < -0.4 is 0 Å². The van der Waals surface area contributed by atoms with Crippen LogP contribution in [0.3, 0.4) is 0 Å². The van der Waals surface area contributed by atoms with Gasteiger partial charge < -0.3 is 4.74 Å². The third-order valence-corrected chi connectivity index (χ3v) is 3.92. The molecule has 0 amide bonds. The van der Waals surface area contributed by atoms with E-state index in [9.17, 15) is 4.79 Å². The number of carbonyl (C=O) groups is 1.